The number of ether oxygens (including phenoxy) is 1. The molecule has 1 fully saturated rings. The van der Waals surface area contributed by atoms with Gasteiger partial charge in [-0.15, -0.1) is 0 Å². The summed E-state index contributed by atoms with van der Waals surface area (Å²) in [5, 5.41) is 2.92. The zero-order valence-electron chi connectivity index (χ0n) is 20.2. The number of nitrogens with zero attached hydrogens (tertiary/aromatic N) is 2. The van der Waals surface area contributed by atoms with Crippen molar-refractivity contribution in [2.75, 3.05) is 33.9 Å². The molecular formula is C27H32FN3O4. The van der Waals surface area contributed by atoms with E-state index in [4.69, 9.17) is 4.74 Å². The zero-order valence-corrected chi connectivity index (χ0v) is 20.2. The quantitative estimate of drug-likeness (QED) is 0.629. The van der Waals surface area contributed by atoms with Crippen LogP contribution in [0.1, 0.15) is 46.8 Å². The highest BCUT2D eigenvalue weighted by atomic mass is 19.1. The summed E-state index contributed by atoms with van der Waals surface area (Å²) in [6.45, 7) is 1.19. The summed E-state index contributed by atoms with van der Waals surface area (Å²) in [4.78, 5) is 41.4. The molecule has 2 aliphatic heterocycles. The fourth-order valence-electron chi connectivity index (χ4n) is 5.21. The molecule has 0 spiro atoms. The second kappa shape index (κ2) is 11.0. The van der Waals surface area contributed by atoms with Gasteiger partial charge in [0.1, 0.15) is 12.4 Å². The van der Waals surface area contributed by atoms with E-state index in [1.54, 1.807) is 30.1 Å². The van der Waals surface area contributed by atoms with Crippen molar-refractivity contribution in [2.24, 2.45) is 5.92 Å². The third-order valence-corrected chi connectivity index (χ3v) is 7.22. The van der Waals surface area contributed by atoms with E-state index >= 15 is 0 Å². The Morgan fingerprint density at radius 3 is 2.51 bits per heavy atom. The summed E-state index contributed by atoms with van der Waals surface area (Å²) in [5.41, 5.74) is 2.47. The van der Waals surface area contributed by atoms with Gasteiger partial charge in [-0.25, -0.2) is 4.39 Å². The molecule has 2 heterocycles. The number of hydrogen-bond acceptors (Lipinski definition) is 4. The number of likely N-dealkylation sites (N-methyl/N-ethyl adjacent to an activating group) is 1. The standard InChI is InChI=1S/C27H32FN3O4/c1-30(26(33)17-35-2)24(15-18-7-9-20(28)10-8-18)19-11-13-31(14-12-19)25(32)16-23-21-5-3-4-6-22(21)27(34)29-23/h3-10,19,23-24H,11-17H2,1-2H3,(H,29,34). The molecule has 3 amide bonds. The van der Waals surface area contributed by atoms with Crippen molar-refractivity contribution < 1.29 is 23.5 Å². The molecule has 2 aromatic rings. The van der Waals surface area contributed by atoms with Crippen molar-refractivity contribution in [1.82, 2.24) is 15.1 Å². The Balaban J connectivity index is 1.39. The number of benzene rings is 2. The highest BCUT2D eigenvalue weighted by molar-refractivity contribution is 5.99. The van der Waals surface area contributed by atoms with Crippen molar-refractivity contribution in [2.45, 2.75) is 37.8 Å². The van der Waals surface area contributed by atoms with Crippen LogP contribution in [-0.4, -0.2) is 67.4 Å². The molecule has 2 aliphatic rings. The summed E-state index contributed by atoms with van der Waals surface area (Å²) >= 11 is 0. The second-order valence-electron chi connectivity index (χ2n) is 9.37. The van der Waals surface area contributed by atoms with Gasteiger partial charge < -0.3 is 19.9 Å². The molecule has 8 heteroatoms. The number of rotatable bonds is 8. The van der Waals surface area contributed by atoms with Crippen molar-refractivity contribution in [3.05, 3.63) is 71.0 Å². The highest BCUT2D eigenvalue weighted by Crippen LogP contribution is 2.30. The third kappa shape index (κ3) is 5.70. The van der Waals surface area contributed by atoms with E-state index in [0.717, 1.165) is 24.0 Å². The molecular weight excluding hydrogens is 449 g/mol. The smallest absolute Gasteiger partial charge is 0.252 e. The maximum Gasteiger partial charge on any atom is 0.252 e. The van der Waals surface area contributed by atoms with E-state index in [1.807, 2.05) is 23.1 Å². The van der Waals surface area contributed by atoms with Crippen LogP contribution in [0.3, 0.4) is 0 Å². The van der Waals surface area contributed by atoms with Crippen LogP contribution in [0.2, 0.25) is 0 Å². The van der Waals surface area contributed by atoms with Gasteiger partial charge in [-0.05, 0) is 54.5 Å². The first-order valence-electron chi connectivity index (χ1n) is 12.0. The number of piperidine rings is 1. The molecule has 35 heavy (non-hydrogen) atoms. The Morgan fingerprint density at radius 2 is 1.83 bits per heavy atom. The number of halogens is 1. The van der Waals surface area contributed by atoms with Crippen LogP contribution in [0.15, 0.2) is 48.5 Å². The molecule has 2 unspecified atom stereocenters. The lowest BCUT2D eigenvalue weighted by Gasteiger charge is -2.40. The largest absolute Gasteiger partial charge is 0.375 e. The number of likely N-dealkylation sites (tertiary alicyclic amines) is 1. The third-order valence-electron chi connectivity index (χ3n) is 7.22. The van der Waals surface area contributed by atoms with E-state index in [1.165, 1.54) is 19.2 Å². The summed E-state index contributed by atoms with van der Waals surface area (Å²) in [6.07, 6.45) is 2.36. The Labute approximate surface area is 205 Å². The van der Waals surface area contributed by atoms with E-state index < -0.39 is 0 Å². The normalized spacial score (nSPS) is 18.7. The Bertz CT molecular complexity index is 1070. The van der Waals surface area contributed by atoms with E-state index in [2.05, 4.69) is 5.32 Å². The van der Waals surface area contributed by atoms with Gasteiger partial charge in [0.2, 0.25) is 11.8 Å². The number of amides is 3. The lowest BCUT2D eigenvalue weighted by Crippen LogP contribution is -2.49. The Kier molecular flexibility index (Phi) is 7.80. The van der Waals surface area contributed by atoms with Crippen LogP contribution < -0.4 is 5.32 Å². The molecule has 0 aromatic heterocycles. The van der Waals surface area contributed by atoms with Gasteiger partial charge in [0.25, 0.3) is 5.91 Å². The van der Waals surface area contributed by atoms with Crippen molar-refractivity contribution in [3.8, 4) is 0 Å². The highest BCUT2D eigenvalue weighted by Gasteiger charge is 2.35. The topological polar surface area (TPSA) is 79.0 Å². The molecule has 2 atom stereocenters. The SMILES string of the molecule is COCC(=O)N(C)C(Cc1ccc(F)cc1)C1CCN(C(=O)CC2NC(=O)c3ccccc32)CC1. The van der Waals surface area contributed by atoms with Crippen molar-refractivity contribution in [1.29, 1.82) is 0 Å². The van der Waals surface area contributed by atoms with Crippen LogP contribution >= 0.6 is 0 Å². The predicted molar refractivity (Wildman–Crippen MR) is 129 cm³/mol. The van der Waals surface area contributed by atoms with Gasteiger partial charge in [-0.1, -0.05) is 30.3 Å². The molecule has 4 rings (SSSR count). The molecule has 0 radical (unpaired) electrons. The van der Waals surface area contributed by atoms with Crippen LogP contribution in [0.4, 0.5) is 4.39 Å². The molecule has 1 saturated heterocycles. The van der Waals surface area contributed by atoms with Crippen LogP contribution in [0.5, 0.6) is 0 Å². The number of fused-ring (bicyclic) bond motifs is 1. The minimum atomic E-state index is -0.298. The summed E-state index contributed by atoms with van der Waals surface area (Å²) in [5.74, 6) is -0.313. The Morgan fingerprint density at radius 1 is 1.14 bits per heavy atom. The molecule has 0 bridgehead atoms. The van der Waals surface area contributed by atoms with Crippen LogP contribution in [0, 0.1) is 11.7 Å². The maximum absolute atomic E-state index is 13.4. The first-order valence-corrected chi connectivity index (χ1v) is 12.0. The van der Waals surface area contributed by atoms with Gasteiger partial charge >= 0.3 is 0 Å². The van der Waals surface area contributed by atoms with Crippen LogP contribution in [0.25, 0.3) is 0 Å². The van der Waals surface area contributed by atoms with E-state index in [0.29, 0.717) is 25.1 Å². The number of nitrogens with one attached hydrogen (secondary N) is 1. The van der Waals surface area contributed by atoms with Gasteiger partial charge in [-0.3, -0.25) is 14.4 Å². The minimum Gasteiger partial charge on any atom is -0.375 e. The van der Waals surface area contributed by atoms with E-state index in [-0.39, 0.29) is 54.6 Å². The molecule has 1 N–H and O–H groups in total. The van der Waals surface area contributed by atoms with E-state index in [9.17, 15) is 18.8 Å². The fourth-order valence-corrected chi connectivity index (χ4v) is 5.21. The first-order chi connectivity index (χ1) is 16.9. The second-order valence-corrected chi connectivity index (χ2v) is 9.37. The molecule has 0 saturated carbocycles. The maximum atomic E-state index is 13.4. The molecule has 0 aliphatic carbocycles. The van der Waals surface area contributed by atoms with Crippen molar-refractivity contribution in [3.63, 3.8) is 0 Å². The minimum absolute atomic E-state index is 0.00231. The van der Waals surface area contributed by atoms with Crippen molar-refractivity contribution >= 4 is 17.7 Å². The summed E-state index contributed by atoms with van der Waals surface area (Å²) < 4.78 is 18.4. The average Bonchev–Trinajstić information content (AvgIpc) is 3.18. The van der Waals surface area contributed by atoms with Gasteiger partial charge in [-0.2, -0.15) is 0 Å². The zero-order chi connectivity index (χ0) is 24.9. The van der Waals surface area contributed by atoms with Gasteiger partial charge in [0.05, 0.1) is 12.5 Å². The monoisotopic (exact) mass is 481 g/mol. The summed E-state index contributed by atoms with van der Waals surface area (Å²) in [6, 6.07) is 13.4. The Hall–Kier alpha value is -3.26. The number of carbonyl (C=O) groups is 3. The van der Waals surface area contributed by atoms with Gasteiger partial charge in [0, 0.05) is 38.9 Å². The molecule has 7 nitrogen and oxygen atoms in total. The number of carbonyl (C=O) groups excluding carboxylic acids is 3. The fraction of sp³-hybridized carbons (Fsp3) is 0.444. The number of methoxy groups -OCH3 is 1. The predicted octanol–water partition coefficient (Wildman–Crippen LogP) is 2.96. The average molecular weight is 482 g/mol. The van der Waals surface area contributed by atoms with Crippen LogP contribution in [-0.2, 0) is 20.7 Å². The lowest BCUT2D eigenvalue weighted by atomic mass is 9.84. The summed E-state index contributed by atoms with van der Waals surface area (Å²) in [7, 11) is 3.28. The number of hydrogen-bond donors (Lipinski definition) is 1. The van der Waals surface area contributed by atoms with Gasteiger partial charge in [0.15, 0.2) is 0 Å². The lowest BCUT2D eigenvalue weighted by molar-refractivity contribution is -0.139. The molecule has 186 valence electrons. The first kappa shape index (κ1) is 24.9. The molecule has 2 aromatic carbocycles.